The molecule has 1 fully saturated rings. The van der Waals surface area contributed by atoms with Gasteiger partial charge in [0.05, 0.1) is 11.0 Å². The zero-order valence-corrected chi connectivity index (χ0v) is 12.0. The minimum atomic E-state index is -0.519. The summed E-state index contributed by atoms with van der Waals surface area (Å²) in [5.74, 6) is -0.0392. The second-order valence-electron chi connectivity index (χ2n) is 5.58. The van der Waals surface area contributed by atoms with Crippen molar-refractivity contribution in [3.05, 3.63) is 39.4 Å². The lowest BCUT2D eigenvalue weighted by Gasteiger charge is -2.18. The summed E-state index contributed by atoms with van der Waals surface area (Å²) in [6.07, 6.45) is 3.77. The van der Waals surface area contributed by atoms with Gasteiger partial charge in [-0.2, -0.15) is 0 Å². The Balaban J connectivity index is 1.95. The number of nitrogens with zero attached hydrogens (tertiary/aromatic N) is 1. The van der Waals surface area contributed by atoms with Crippen molar-refractivity contribution >= 4 is 11.6 Å². The molecule has 6 nitrogen and oxygen atoms in total. The number of nitro benzene ring substituents is 1. The van der Waals surface area contributed by atoms with E-state index in [1.165, 1.54) is 18.2 Å². The van der Waals surface area contributed by atoms with Crippen molar-refractivity contribution in [2.24, 2.45) is 5.92 Å². The number of hydrogen-bond acceptors (Lipinski definition) is 4. The predicted molar refractivity (Wildman–Crippen MR) is 78.1 cm³/mol. The summed E-state index contributed by atoms with van der Waals surface area (Å²) in [6.45, 7) is 1.88. The van der Waals surface area contributed by atoms with E-state index in [2.05, 4.69) is 5.32 Å². The van der Waals surface area contributed by atoms with Gasteiger partial charge in [-0.25, -0.2) is 0 Å². The molecule has 0 aromatic heterocycles. The van der Waals surface area contributed by atoms with E-state index >= 15 is 0 Å². The second kappa shape index (κ2) is 6.67. The Hall–Kier alpha value is -1.95. The third kappa shape index (κ3) is 3.78. The lowest BCUT2D eigenvalue weighted by molar-refractivity contribution is -0.384. The monoisotopic (exact) mass is 292 g/mol. The van der Waals surface area contributed by atoms with Gasteiger partial charge in [0, 0.05) is 24.2 Å². The summed E-state index contributed by atoms with van der Waals surface area (Å²) in [5.41, 5.74) is 0.923. The van der Waals surface area contributed by atoms with Crippen LogP contribution >= 0.6 is 0 Å². The minimum Gasteiger partial charge on any atom is -0.391 e. The molecule has 1 aliphatic carbocycles. The van der Waals surface area contributed by atoms with Crippen LogP contribution in [0.1, 0.15) is 41.6 Å². The first kappa shape index (κ1) is 15.4. The number of aryl methyl sites for hydroxylation is 1. The number of aliphatic hydroxyl groups is 1. The molecule has 2 N–H and O–H groups in total. The van der Waals surface area contributed by atoms with Crippen LogP contribution < -0.4 is 5.32 Å². The smallest absolute Gasteiger partial charge is 0.269 e. The number of non-ortho nitro benzene ring substituents is 1. The number of carbonyl (C=O) groups is 1. The van der Waals surface area contributed by atoms with E-state index in [0.29, 0.717) is 11.1 Å². The molecule has 0 aliphatic heterocycles. The SMILES string of the molecule is Cc1cc([N+](=O)[O-])ccc1C(=O)NCC(O)C1CCCC1. The highest BCUT2D eigenvalue weighted by atomic mass is 16.6. The fraction of sp³-hybridized carbons (Fsp3) is 0.533. The molecule has 0 radical (unpaired) electrons. The average Bonchev–Trinajstić information content (AvgIpc) is 2.98. The molecule has 1 amide bonds. The van der Waals surface area contributed by atoms with Crippen molar-refractivity contribution in [1.82, 2.24) is 5.32 Å². The summed E-state index contributed by atoms with van der Waals surface area (Å²) in [6, 6.07) is 4.14. The van der Waals surface area contributed by atoms with Gasteiger partial charge in [-0.3, -0.25) is 14.9 Å². The number of hydrogen-bond donors (Lipinski definition) is 2. The van der Waals surface area contributed by atoms with E-state index in [4.69, 9.17) is 0 Å². The highest BCUT2D eigenvalue weighted by Gasteiger charge is 2.23. The Kier molecular flexibility index (Phi) is 4.90. The average molecular weight is 292 g/mol. The van der Waals surface area contributed by atoms with Crippen LogP contribution in [0.3, 0.4) is 0 Å². The summed E-state index contributed by atoms with van der Waals surface area (Å²) in [4.78, 5) is 22.3. The number of amides is 1. The van der Waals surface area contributed by atoms with Crippen LogP contribution in [0.25, 0.3) is 0 Å². The molecule has 6 heteroatoms. The van der Waals surface area contributed by atoms with Crippen molar-refractivity contribution in [3.8, 4) is 0 Å². The van der Waals surface area contributed by atoms with Gasteiger partial charge < -0.3 is 10.4 Å². The molecule has 0 saturated heterocycles. The molecule has 0 spiro atoms. The van der Waals surface area contributed by atoms with Crippen molar-refractivity contribution in [3.63, 3.8) is 0 Å². The summed E-state index contributed by atoms with van der Waals surface area (Å²) < 4.78 is 0. The van der Waals surface area contributed by atoms with Crippen molar-refractivity contribution in [1.29, 1.82) is 0 Å². The van der Waals surface area contributed by atoms with Crippen molar-refractivity contribution in [2.75, 3.05) is 6.54 Å². The second-order valence-corrected chi connectivity index (χ2v) is 5.58. The quantitative estimate of drug-likeness (QED) is 0.642. The fourth-order valence-corrected chi connectivity index (χ4v) is 2.82. The molecule has 2 rings (SSSR count). The lowest BCUT2D eigenvalue weighted by Crippen LogP contribution is -2.35. The molecular formula is C15H20N2O4. The summed E-state index contributed by atoms with van der Waals surface area (Å²) >= 11 is 0. The number of nitrogens with one attached hydrogen (secondary N) is 1. The van der Waals surface area contributed by atoms with Crippen LogP contribution in [0.15, 0.2) is 18.2 Å². The molecule has 1 aromatic carbocycles. The predicted octanol–water partition coefficient (Wildman–Crippen LogP) is 2.18. The van der Waals surface area contributed by atoms with Gasteiger partial charge in [0.15, 0.2) is 0 Å². The first-order valence-electron chi connectivity index (χ1n) is 7.20. The third-order valence-electron chi connectivity index (χ3n) is 4.08. The van der Waals surface area contributed by atoms with Gasteiger partial charge in [-0.15, -0.1) is 0 Å². The number of carbonyl (C=O) groups excluding carboxylic acids is 1. The Morgan fingerprint density at radius 2 is 2.14 bits per heavy atom. The van der Waals surface area contributed by atoms with E-state index in [-0.39, 0.29) is 24.1 Å². The van der Waals surface area contributed by atoms with E-state index in [1.54, 1.807) is 6.92 Å². The van der Waals surface area contributed by atoms with Crippen LogP contribution in [0, 0.1) is 23.0 Å². The van der Waals surface area contributed by atoms with Crippen molar-refractivity contribution in [2.45, 2.75) is 38.7 Å². The Bertz CT molecular complexity index is 538. The topological polar surface area (TPSA) is 92.5 Å². The number of benzene rings is 1. The fourth-order valence-electron chi connectivity index (χ4n) is 2.82. The maximum Gasteiger partial charge on any atom is 0.269 e. The van der Waals surface area contributed by atoms with E-state index in [0.717, 1.165) is 25.7 Å². The molecule has 1 unspecified atom stereocenters. The molecule has 1 aromatic rings. The van der Waals surface area contributed by atoms with Gasteiger partial charge in [-0.1, -0.05) is 12.8 Å². The molecule has 21 heavy (non-hydrogen) atoms. The zero-order chi connectivity index (χ0) is 15.4. The lowest BCUT2D eigenvalue weighted by atomic mass is 10.0. The maximum absolute atomic E-state index is 12.1. The third-order valence-corrected chi connectivity index (χ3v) is 4.08. The number of aliphatic hydroxyl groups excluding tert-OH is 1. The summed E-state index contributed by atoms with van der Waals surface area (Å²) in [7, 11) is 0. The minimum absolute atomic E-state index is 0.0324. The molecule has 114 valence electrons. The summed E-state index contributed by atoms with van der Waals surface area (Å²) in [5, 5.41) is 23.4. The Morgan fingerprint density at radius 1 is 1.48 bits per heavy atom. The van der Waals surface area contributed by atoms with Gasteiger partial charge in [0.1, 0.15) is 0 Å². The van der Waals surface area contributed by atoms with Crippen LogP contribution in [-0.2, 0) is 0 Å². The van der Waals surface area contributed by atoms with Crippen LogP contribution in [0.4, 0.5) is 5.69 Å². The first-order valence-corrected chi connectivity index (χ1v) is 7.20. The van der Waals surface area contributed by atoms with Gasteiger partial charge in [-0.05, 0) is 37.3 Å². The highest BCUT2D eigenvalue weighted by molar-refractivity contribution is 5.95. The van der Waals surface area contributed by atoms with Crippen molar-refractivity contribution < 1.29 is 14.8 Å². The molecule has 1 aliphatic rings. The molecule has 1 saturated carbocycles. The molecule has 0 bridgehead atoms. The Labute approximate surface area is 123 Å². The van der Waals surface area contributed by atoms with Crippen LogP contribution in [-0.4, -0.2) is 28.6 Å². The Morgan fingerprint density at radius 3 is 2.71 bits per heavy atom. The van der Waals surface area contributed by atoms with E-state index in [1.807, 2.05) is 0 Å². The van der Waals surface area contributed by atoms with Gasteiger partial charge in [0.2, 0.25) is 0 Å². The van der Waals surface area contributed by atoms with Crippen LogP contribution in [0.2, 0.25) is 0 Å². The largest absolute Gasteiger partial charge is 0.391 e. The first-order chi connectivity index (χ1) is 9.99. The zero-order valence-electron chi connectivity index (χ0n) is 12.0. The van der Waals surface area contributed by atoms with Crippen LogP contribution in [0.5, 0.6) is 0 Å². The standard InChI is InChI=1S/C15H20N2O4/c1-10-8-12(17(20)21)6-7-13(10)15(19)16-9-14(18)11-4-2-3-5-11/h6-8,11,14,18H,2-5,9H2,1H3,(H,16,19). The number of nitro groups is 1. The molecule has 1 atom stereocenters. The van der Waals surface area contributed by atoms with E-state index in [9.17, 15) is 20.0 Å². The van der Waals surface area contributed by atoms with Gasteiger partial charge in [0.25, 0.3) is 11.6 Å². The molecular weight excluding hydrogens is 272 g/mol. The molecule has 0 heterocycles. The highest BCUT2D eigenvalue weighted by Crippen LogP contribution is 2.27. The maximum atomic E-state index is 12.1. The normalized spacial score (nSPS) is 16.7. The number of rotatable bonds is 5. The van der Waals surface area contributed by atoms with Gasteiger partial charge >= 0.3 is 0 Å². The van der Waals surface area contributed by atoms with E-state index < -0.39 is 11.0 Å².